The maximum atomic E-state index is 14.2. The van der Waals surface area contributed by atoms with Gasteiger partial charge in [-0.3, -0.25) is 13.9 Å². The van der Waals surface area contributed by atoms with Crippen LogP contribution in [0.5, 0.6) is 0 Å². The van der Waals surface area contributed by atoms with Gasteiger partial charge in [0, 0.05) is 25.0 Å². The van der Waals surface area contributed by atoms with E-state index < -0.39 is 46.2 Å². The Morgan fingerprint density at radius 3 is 2.09 bits per heavy atom. The number of likely N-dealkylation sites (N-methyl/N-ethyl adjacent to an activating group) is 1. The first kappa shape index (κ1) is 32.6. The quantitative estimate of drug-likeness (QED) is 0.219. The highest BCUT2D eigenvalue weighted by Gasteiger charge is 2.36. The van der Waals surface area contributed by atoms with Crippen LogP contribution in [-0.4, -0.2) is 44.8 Å². The number of benzene rings is 4. The van der Waals surface area contributed by atoms with Crippen molar-refractivity contribution in [2.24, 2.45) is 0 Å². The third kappa shape index (κ3) is 7.78. The summed E-state index contributed by atoms with van der Waals surface area (Å²) < 4.78 is 69.4. The van der Waals surface area contributed by atoms with Crippen LogP contribution in [0.15, 0.2) is 114 Å². The molecular formula is C32H29ClF3N3O4S. The Hall–Kier alpha value is -4.35. The summed E-state index contributed by atoms with van der Waals surface area (Å²) in [4.78, 5) is 28.5. The highest BCUT2D eigenvalue weighted by Crippen LogP contribution is 2.33. The van der Waals surface area contributed by atoms with Crippen LogP contribution in [0.3, 0.4) is 0 Å². The third-order valence-electron chi connectivity index (χ3n) is 6.89. The number of hydrogen-bond donors (Lipinski definition) is 1. The van der Waals surface area contributed by atoms with Crippen LogP contribution in [0.4, 0.5) is 18.9 Å². The van der Waals surface area contributed by atoms with Crippen LogP contribution < -0.4 is 9.62 Å². The lowest BCUT2D eigenvalue weighted by molar-refractivity contribution is -0.139. The fourth-order valence-electron chi connectivity index (χ4n) is 4.62. The van der Waals surface area contributed by atoms with Crippen LogP contribution in [0.2, 0.25) is 5.02 Å². The van der Waals surface area contributed by atoms with Gasteiger partial charge in [0.05, 0.1) is 16.1 Å². The minimum atomic E-state index is -4.77. The van der Waals surface area contributed by atoms with Gasteiger partial charge in [0.25, 0.3) is 10.0 Å². The molecule has 0 heterocycles. The smallest absolute Gasteiger partial charge is 0.357 e. The molecule has 0 saturated heterocycles. The molecule has 0 aliphatic rings. The molecule has 1 atom stereocenters. The van der Waals surface area contributed by atoms with Gasteiger partial charge in [-0.2, -0.15) is 13.2 Å². The number of rotatable bonds is 11. The summed E-state index contributed by atoms with van der Waals surface area (Å²) in [5.74, 6) is -1.35. The number of nitrogens with one attached hydrogen (secondary N) is 1. The second-order valence-electron chi connectivity index (χ2n) is 9.81. The van der Waals surface area contributed by atoms with Crippen molar-refractivity contribution in [3.05, 3.63) is 131 Å². The van der Waals surface area contributed by atoms with E-state index in [0.717, 1.165) is 17.7 Å². The van der Waals surface area contributed by atoms with E-state index >= 15 is 0 Å². The molecular weight excluding hydrogens is 615 g/mol. The number of amides is 2. The van der Waals surface area contributed by atoms with E-state index in [1.54, 1.807) is 60.7 Å². The molecule has 0 unspecified atom stereocenters. The largest absolute Gasteiger partial charge is 0.416 e. The zero-order valence-electron chi connectivity index (χ0n) is 23.5. The monoisotopic (exact) mass is 643 g/mol. The molecule has 1 N–H and O–H groups in total. The van der Waals surface area contributed by atoms with E-state index in [-0.39, 0.29) is 23.5 Å². The predicted octanol–water partition coefficient (Wildman–Crippen LogP) is 5.94. The summed E-state index contributed by atoms with van der Waals surface area (Å²) in [5.41, 5.74) is -0.240. The van der Waals surface area contributed by atoms with Gasteiger partial charge in [0.15, 0.2) is 0 Å². The highest BCUT2D eigenvalue weighted by atomic mass is 35.5. The van der Waals surface area contributed by atoms with Gasteiger partial charge in [0.1, 0.15) is 12.6 Å². The average molecular weight is 644 g/mol. The molecule has 0 aliphatic heterocycles. The van der Waals surface area contributed by atoms with Crippen molar-refractivity contribution in [3.63, 3.8) is 0 Å². The SMILES string of the molecule is CNC(=O)[C@@H](Cc1ccccc1)N(Cc1ccccc1Cl)C(=O)CN(c1cccc(C(F)(F)F)c1)S(=O)(=O)c1ccccc1. The molecule has 4 rings (SSSR count). The number of carbonyl (C=O) groups excluding carboxylic acids is 2. The standard InChI is InChI=1S/C32H29ClF3N3O4S/c1-37-31(41)29(19-23-11-4-2-5-12-23)38(21-24-13-8-9-18-28(24)33)30(40)22-39(44(42,43)27-16-6-3-7-17-27)26-15-10-14-25(20-26)32(34,35)36/h2-18,20,29H,19,21-22H2,1H3,(H,37,41)/t29-/m1/s1. The summed E-state index contributed by atoms with van der Waals surface area (Å²) >= 11 is 6.41. The summed E-state index contributed by atoms with van der Waals surface area (Å²) in [7, 11) is -3.13. The topological polar surface area (TPSA) is 86.8 Å². The number of nitrogens with zero attached hydrogens (tertiary/aromatic N) is 2. The van der Waals surface area contributed by atoms with Crippen molar-refractivity contribution in [1.29, 1.82) is 0 Å². The van der Waals surface area contributed by atoms with E-state index in [0.29, 0.717) is 21.0 Å². The van der Waals surface area contributed by atoms with Crippen LogP contribution in [0, 0.1) is 0 Å². The number of alkyl halides is 3. The first-order valence-electron chi connectivity index (χ1n) is 13.4. The summed E-state index contributed by atoms with van der Waals surface area (Å²) in [6.45, 7) is -1.07. The zero-order valence-corrected chi connectivity index (χ0v) is 25.1. The lowest BCUT2D eigenvalue weighted by Gasteiger charge is -2.34. The molecule has 0 aromatic heterocycles. The zero-order chi connectivity index (χ0) is 31.9. The Bertz CT molecular complexity index is 1700. The normalized spacial score (nSPS) is 12.3. The average Bonchev–Trinajstić information content (AvgIpc) is 3.02. The number of hydrogen-bond acceptors (Lipinski definition) is 4. The molecule has 7 nitrogen and oxygen atoms in total. The highest BCUT2D eigenvalue weighted by molar-refractivity contribution is 7.92. The molecule has 0 spiro atoms. The Kier molecular flexibility index (Phi) is 10.3. The lowest BCUT2D eigenvalue weighted by atomic mass is 10.0. The van der Waals surface area contributed by atoms with E-state index in [1.165, 1.54) is 42.3 Å². The third-order valence-corrected chi connectivity index (χ3v) is 9.04. The maximum absolute atomic E-state index is 14.2. The van der Waals surface area contributed by atoms with Crippen LogP contribution in [0.25, 0.3) is 0 Å². The first-order chi connectivity index (χ1) is 20.9. The van der Waals surface area contributed by atoms with Crippen molar-refractivity contribution < 1.29 is 31.2 Å². The molecule has 0 aliphatic carbocycles. The minimum absolute atomic E-state index is 0.0751. The number of halogens is 4. The summed E-state index contributed by atoms with van der Waals surface area (Å²) in [6.07, 6.45) is -4.69. The number of carbonyl (C=O) groups is 2. The molecule has 230 valence electrons. The molecule has 0 bridgehead atoms. The van der Waals surface area contributed by atoms with Crippen LogP contribution in [-0.2, 0) is 38.8 Å². The second-order valence-corrected chi connectivity index (χ2v) is 12.1. The van der Waals surface area contributed by atoms with Crippen molar-refractivity contribution in [1.82, 2.24) is 10.2 Å². The van der Waals surface area contributed by atoms with Crippen molar-refractivity contribution in [2.75, 3.05) is 17.9 Å². The van der Waals surface area contributed by atoms with Gasteiger partial charge in [-0.25, -0.2) is 8.42 Å². The Labute approximate surface area is 258 Å². The Balaban J connectivity index is 1.83. The Morgan fingerprint density at radius 1 is 0.864 bits per heavy atom. The predicted molar refractivity (Wildman–Crippen MR) is 162 cm³/mol. The van der Waals surface area contributed by atoms with Gasteiger partial charge in [0.2, 0.25) is 11.8 Å². The summed E-state index contributed by atoms with van der Waals surface area (Å²) in [5, 5.41) is 2.88. The molecule has 0 radical (unpaired) electrons. The molecule has 44 heavy (non-hydrogen) atoms. The lowest BCUT2D eigenvalue weighted by Crippen LogP contribution is -2.53. The van der Waals surface area contributed by atoms with E-state index in [2.05, 4.69) is 5.32 Å². The summed E-state index contributed by atoms with van der Waals surface area (Å²) in [6, 6.07) is 25.3. The first-order valence-corrected chi connectivity index (χ1v) is 15.3. The van der Waals surface area contributed by atoms with Crippen molar-refractivity contribution >= 4 is 39.1 Å². The van der Waals surface area contributed by atoms with E-state index in [9.17, 15) is 31.2 Å². The van der Waals surface area contributed by atoms with Gasteiger partial charge >= 0.3 is 6.18 Å². The van der Waals surface area contributed by atoms with Gasteiger partial charge in [-0.05, 0) is 47.5 Å². The molecule has 12 heteroatoms. The number of anilines is 1. The maximum Gasteiger partial charge on any atom is 0.416 e. The van der Waals surface area contributed by atoms with E-state index in [4.69, 9.17) is 11.6 Å². The molecule has 2 amide bonds. The molecule has 0 saturated carbocycles. The van der Waals surface area contributed by atoms with Crippen LogP contribution in [0.1, 0.15) is 16.7 Å². The molecule has 4 aromatic rings. The van der Waals surface area contributed by atoms with Crippen molar-refractivity contribution in [2.45, 2.75) is 30.1 Å². The Morgan fingerprint density at radius 2 is 1.48 bits per heavy atom. The van der Waals surface area contributed by atoms with Gasteiger partial charge in [-0.15, -0.1) is 0 Å². The molecule has 0 fully saturated rings. The fraction of sp³-hybridized carbons (Fsp3) is 0.188. The van der Waals surface area contributed by atoms with E-state index in [1.807, 2.05) is 0 Å². The van der Waals surface area contributed by atoms with Gasteiger partial charge in [-0.1, -0.05) is 84.4 Å². The van der Waals surface area contributed by atoms with Crippen molar-refractivity contribution in [3.8, 4) is 0 Å². The fourth-order valence-corrected chi connectivity index (χ4v) is 6.24. The number of sulfonamides is 1. The van der Waals surface area contributed by atoms with Gasteiger partial charge < -0.3 is 10.2 Å². The molecule has 4 aromatic carbocycles. The minimum Gasteiger partial charge on any atom is -0.357 e. The second kappa shape index (κ2) is 14.0. The van der Waals surface area contributed by atoms with Crippen LogP contribution >= 0.6 is 11.6 Å².